The molecule has 0 saturated carbocycles. The van der Waals surface area contributed by atoms with Gasteiger partial charge in [0.2, 0.25) is 0 Å². The molecule has 10 heteroatoms. The SMILES string of the molecule is CCNC(=O)c1noc(-c2cc(C(C)C)c(O)cc2O)c1-c1cc(CN2CCOCC2)no1. The van der Waals surface area contributed by atoms with Crippen LogP contribution in [0.1, 0.15) is 48.4 Å². The molecule has 10 nitrogen and oxygen atoms in total. The Labute approximate surface area is 191 Å². The summed E-state index contributed by atoms with van der Waals surface area (Å²) in [6.07, 6.45) is 0. The number of benzene rings is 1. The lowest BCUT2D eigenvalue weighted by Crippen LogP contribution is -2.35. The summed E-state index contributed by atoms with van der Waals surface area (Å²) in [4.78, 5) is 14.9. The highest BCUT2D eigenvalue weighted by Crippen LogP contribution is 2.43. The summed E-state index contributed by atoms with van der Waals surface area (Å²) < 4.78 is 16.5. The number of rotatable bonds is 7. The summed E-state index contributed by atoms with van der Waals surface area (Å²) >= 11 is 0. The van der Waals surface area contributed by atoms with Crippen molar-refractivity contribution < 1.29 is 28.8 Å². The Kier molecular flexibility index (Phi) is 6.66. The maximum absolute atomic E-state index is 12.7. The second kappa shape index (κ2) is 9.63. The van der Waals surface area contributed by atoms with Crippen LogP contribution in [0.2, 0.25) is 0 Å². The topological polar surface area (TPSA) is 134 Å². The van der Waals surface area contributed by atoms with Gasteiger partial charge >= 0.3 is 0 Å². The van der Waals surface area contributed by atoms with E-state index < -0.39 is 5.91 Å². The van der Waals surface area contributed by atoms with Crippen molar-refractivity contribution in [2.45, 2.75) is 33.2 Å². The summed E-state index contributed by atoms with van der Waals surface area (Å²) in [5, 5.41) is 31.7. The first kappa shape index (κ1) is 22.8. The van der Waals surface area contributed by atoms with Gasteiger partial charge in [-0.25, -0.2) is 0 Å². The van der Waals surface area contributed by atoms with Gasteiger partial charge in [-0.2, -0.15) is 0 Å². The van der Waals surface area contributed by atoms with E-state index in [0.717, 1.165) is 13.1 Å². The molecule has 3 heterocycles. The lowest BCUT2D eigenvalue weighted by atomic mass is 9.95. The zero-order valence-electron chi connectivity index (χ0n) is 18.9. The lowest BCUT2D eigenvalue weighted by Gasteiger charge is -2.25. The monoisotopic (exact) mass is 456 g/mol. The molecule has 0 aliphatic carbocycles. The molecule has 1 amide bonds. The van der Waals surface area contributed by atoms with E-state index in [4.69, 9.17) is 13.8 Å². The van der Waals surface area contributed by atoms with Gasteiger partial charge in [0, 0.05) is 38.3 Å². The minimum absolute atomic E-state index is 0.0102. The van der Waals surface area contributed by atoms with Crippen molar-refractivity contribution in [3.63, 3.8) is 0 Å². The highest BCUT2D eigenvalue weighted by molar-refractivity contribution is 6.01. The predicted molar refractivity (Wildman–Crippen MR) is 119 cm³/mol. The van der Waals surface area contributed by atoms with Gasteiger partial charge in [0.25, 0.3) is 5.91 Å². The van der Waals surface area contributed by atoms with E-state index in [0.29, 0.717) is 48.9 Å². The van der Waals surface area contributed by atoms with Crippen LogP contribution in [0.4, 0.5) is 0 Å². The number of nitrogens with zero attached hydrogens (tertiary/aromatic N) is 3. The first-order valence-corrected chi connectivity index (χ1v) is 11.0. The number of carbonyl (C=O) groups is 1. The molecule has 1 aliphatic heterocycles. The van der Waals surface area contributed by atoms with E-state index in [9.17, 15) is 15.0 Å². The van der Waals surface area contributed by atoms with E-state index in [1.165, 1.54) is 6.07 Å². The Morgan fingerprint density at radius 3 is 2.58 bits per heavy atom. The molecular formula is C23H28N4O6. The summed E-state index contributed by atoms with van der Waals surface area (Å²) in [6.45, 7) is 9.55. The maximum atomic E-state index is 12.7. The van der Waals surface area contributed by atoms with Crippen LogP contribution in [0.5, 0.6) is 11.5 Å². The molecule has 0 bridgehead atoms. The highest BCUT2D eigenvalue weighted by Gasteiger charge is 2.29. The molecule has 0 unspecified atom stereocenters. The summed E-state index contributed by atoms with van der Waals surface area (Å²) in [6, 6.07) is 4.63. The highest BCUT2D eigenvalue weighted by atomic mass is 16.5. The molecular weight excluding hydrogens is 428 g/mol. The second-order valence-corrected chi connectivity index (χ2v) is 8.25. The molecule has 0 spiro atoms. The molecule has 4 rings (SSSR count). The quantitative estimate of drug-likeness (QED) is 0.490. The van der Waals surface area contributed by atoms with Crippen LogP contribution in [0.3, 0.4) is 0 Å². The molecule has 0 radical (unpaired) electrons. The number of amides is 1. The van der Waals surface area contributed by atoms with Gasteiger partial charge in [-0.05, 0) is 24.5 Å². The summed E-state index contributed by atoms with van der Waals surface area (Å²) in [5.74, 6) is -0.215. The van der Waals surface area contributed by atoms with Crippen molar-refractivity contribution in [2.24, 2.45) is 0 Å². The lowest BCUT2D eigenvalue weighted by molar-refractivity contribution is 0.0332. The van der Waals surface area contributed by atoms with Crippen LogP contribution in [0.25, 0.3) is 22.6 Å². The second-order valence-electron chi connectivity index (χ2n) is 8.25. The van der Waals surface area contributed by atoms with Crippen LogP contribution in [-0.2, 0) is 11.3 Å². The van der Waals surface area contributed by atoms with Crippen LogP contribution < -0.4 is 5.32 Å². The standard InChI is InChI=1S/C23H28N4O6/c1-4-24-23(30)21-20(19-9-14(25-32-19)12-27-5-7-31-8-6-27)22(33-26-21)16-10-15(13(2)3)17(28)11-18(16)29/h9-11,13,28-29H,4-8,12H2,1-3H3,(H,24,30). The maximum Gasteiger partial charge on any atom is 0.274 e. The molecule has 1 fully saturated rings. The third-order valence-corrected chi connectivity index (χ3v) is 5.55. The fraction of sp³-hybridized carbons (Fsp3) is 0.435. The minimum Gasteiger partial charge on any atom is -0.508 e. The Balaban J connectivity index is 1.78. The van der Waals surface area contributed by atoms with Crippen molar-refractivity contribution in [1.29, 1.82) is 0 Å². The number of morpholine rings is 1. The normalized spacial score (nSPS) is 14.7. The third kappa shape index (κ3) is 4.71. The number of phenolic OH excluding ortho intramolecular Hbond substituents is 2. The molecule has 176 valence electrons. The van der Waals surface area contributed by atoms with E-state index >= 15 is 0 Å². The number of carbonyl (C=O) groups excluding carboxylic acids is 1. The van der Waals surface area contributed by atoms with E-state index in [1.54, 1.807) is 19.1 Å². The Morgan fingerprint density at radius 1 is 1.12 bits per heavy atom. The fourth-order valence-electron chi connectivity index (χ4n) is 3.83. The first-order valence-electron chi connectivity index (χ1n) is 11.0. The Morgan fingerprint density at radius 2 is 1.88 bits per heavy atom. The van der Waals surface area contributed by atoms with Gasteiger partial charge < -0.3 is 29.3 Å². The first-order chi connectivity index (χ1) is 15.9. The Bertz CT molecular complexity index is 1130. The smallest absolute Gasteiger partial charge is 0.274 e. The van der Waals surface area contributed by atoms with Crippen molar-refractivity contribution in [1.82, 2.24) is 20.5 Å². The zero-order valence-corrected chi connectivity index (χ0v) is 18.9. The van der Waals surface area contributed by atoms with Crippen molar-refractivity contribution in [3.8, 4) is 34.1 Å². The van der Waals surface area contributed by atoms with Crippen molar-refractivity contribution in [2.75, 3.05) is 32.8 Å². The molecule has 1 saturated heterocycles. The number of hydrogen-bond donors (Lipinski definition) is 3. The number of aromatic nitrogens is 2. The van der Waals surface area contributed by atoms with Crippen molar-refractivity contribution in [3.05, 3.63) is 35.2 Å². The van der Waals surface area contributed by atoms with Gasteiger partial charge in [-0.15, -0.1) is 0 Å². The molecule has 0 atom stereocenters. The molecule has 3 N–H and O–H groups in total. The van der Waals surface area contributed by atoms with Crippen LogP contribution in [-0.4, -0.2) is 64.2 Å². The number of aromatic hydroxyl groups is 2. The number of phenols is 2. The minimum atomic E-state index is -0.434. The van der Waals surface area contributed by atoms with Gasteiger partial charge in [0.15, 0.2) is 17.2 Å². The average Bonchev–Trinajstić information content (AvgIpc) is 3.41. The van der Waals surface area contributed by atoms with Crippen LogP contribution in [0.15, 0.2) is 27.2 Å². The summed E-state index contributed by atoms with van der Waals surface area (Å²) in [5.41, 5.74) is 1.92. The molecule has 1 aliphatic rings. The predicted octanol–water partition coefficient (Wildman–Crippen LogP) is 3.11. The summed E-state index contributed by atoms with van der Waals surface area (Å²) in [7, 11) is 0. The third-order valence-electron chi connectivity index (χ3n) is 5.55. The largest absolute Gasteiger partial charge is 0.508 e. The van der Waals surface area contributed by atoms with Crippen LogP contribution in [0, 0.1) is 0 Å². The van der Waals surface area contributed by atoms with Gasteiger partial charge in [-0.1, -0.05) is 24.2 Å². The molecule has 33 heavy (non-hydrogen) atoms. The molecule has 1 aromatic carbocycles. The van der Waals surface area contributed by atoms with E-state index in [2.05, 4.69) is 20.5 Å². The van der Waals surface area contributed by atoms with E-state index in [-0.39, 0.29) is 34.4 Å². The molecule has 2 aromatic heterocycles. The number of nitrogens with one attached hydrogen (secondary N) is 1. The van der Waals surface area contributed by atoms with Crippen molar-refractivity contribution >= 4 is 5.91 Å². The van der Waals surface area contributed by atoms with Gasteiger partial charge in [0.1, 0.15) is 17.1 Å². The van der Waals surface area contributed by atoms with Gasteiger partial charge in [0.05, 0.1) is 24.5 Å². The van der Waals surface area contributed by atoms with Crippen LogP contribution >= 0.6 is 0 Å². The number of hydrogen-bond acceptors (Lipinski definition) is 9. The number of ether oxygens (including phenoxy) is 1. The Hall–Kier alpha value is -3.37. The fourth-order valence-corrected chi connectivity index (χ4v) is 3.83. The molecule has 3 aromatic rings. The zero-order chi connectivity index (χ0) is 23.5. The van der Waals surface area contributed by atoms with Gasteiger partial charge in [-0.3, -0.25) is 9.69 Å². The van der Waals surface area contributed by atoms with E-state index in [1.807, 2.05) is 13.8 Å². The average molecular weight is 456 g/mol.